The lowest BCUT2D eigenvalue weighted by Crippen LogP contribution is -2.12. The van der Waals surface area contributed by atoms with Crippen molar-refractivity contribution in [2.24, 2.45) is 0 Å². The first kappa shape index (κ1) is 14.7. The van der Waals surface area contributed by atoms with Crippen LogP contribution in [-0.2, 0) is 0 Å². The fraction of sp³-hybridized carbons (Fsp3) is 0.250. The van der Waals surface area contributed by atoms with Crippen LogP contribution < -0.4 is 10.1 Å². The van der Waals surface area contributed by atoms with Gasteiger partial charge < -0.3 is 10.1 Å². The third-order valence-electron chi connectivity index (χ3n) is 3.18. The van der Waals surface area contributed by atoms with E-state index in [0.717, 1.165) is 17.7 Å². The van der Waals surface area contributed by atoms with Crippen LogP contribution in [0, 0.1) is 5.82 Å². The Morgan fingerprint density at radius 1 is 1.25 bits per heavy atom. The van der Waals surface area contributed by atoms with E-state index in [1.165, 1.54) is 6.07 Å². The Morgan fingerprint density at radius 3 is 2.65 bits per heavy atom. The van der Waals surface area contributed by atoms with Crippen molar-refractivity contribution in [2.75, 3.05) is 12.4 Å². The molecule has 0 aliphatic rings. The van der Waals surface area contributed by atoms with E-state index < -0.39 is 0 Å². The van der Waals surface area contributed by atoms with Crippen LogP contribution in [0.4, 0.5) is 10.1 Å². The van der Waals surface area contributed by atoms with Crippen molar-refractivity contribution < 1.29 is 9.13 Å². The van der Waals surface area contributed by atoms with Gasteiger partial charge in [0.25, 0.3) is 0 Å². The largest absolute Gasteiger partial charge is 0.496 e. The summed E-state index contributed by atoms with van der Waals surface area (Å²) in [6.45, 7) is 2.04. The molecule has 0 bridgehead atoms. The summed E-state index contributed by atoms with van der Waals surface area (Å²) in [6, 6.07) is 12.3. The number of ether oxygens (including phenoxy) is 1. The summed E-state index contributed by atoms with van der Waals surface area (Å²) in [4.78, 5) is 0. The van der Waals surface area contributed by atoms with E-state index in [1.54, 1.807) is 19.2 Å². The maximum atomic E-state index is 13.9. The normalized spacial score (nSPS) is 12.0. The van der Waals surface area contributed by atoms with Gasteiger partial charge in [-0.2, -0.15) is 0 Å². The highest BCUT2D eigenvalue weighted by molar-refractivity contribution is 6.30. The van der Waals surface area contributed by atoms with Crippen molar-refractivity contribution in [2.45, 2.75) is 19.4 Å². The standard InChI is InChI=1S/C16H17ClFNO/c1-3-14(12-6-4-5-7-16(12)20-2)19-15-9-8-11(17)10-13(15)18/h4-10,14,19H,3H2,1-2H3. The van der Waals surface area contributed by atoms with Gasteiger partial charge in [-0.25, -0.2) is 4.39 Å². The molecule has 0 heterocycles. The van der Waals surface area contributed by atoms with Gasteiger partial charge in [-0.1, -0.05) is 36.7 Å². The van der Waals surface area contributed by atoms with Crippen molar-refractivity contribution in [3.8, 4) is 5.75 Å². The fourth-order valence-corrected chi connectivity index (χ4v) is 2.31. The number of benzene rings is 2. The third-order valence-corrected chi connectivity index (χ3v) is 3.42. The molecule has 0 fully saturated rings. The number of rotatable bonds is 5. The number of halogens is 2. The van der Waals surface area contributed by atoms with Crippen LogP contribution in [0.5, 0.6) is 5.75 Å². The number of nitrogens with one attached hydrogen (secondary N) is 1. The van der Waals surface area contributed by atoms with E-state index in [0.29, 0.717) is 10.7 Å². The minimum atomic E-state index is -0.356. The highest BCUT2D eigenvalue weighted by Crippen LogP contribution is 2.31. The van der Waals surface area contributed by atoms with Crippen LogP contribution in [0.3, 0.4) is 0 Å². The molecule has 2 nitrogen and oxygen atoms in total. The van der Waals surface area contributed by atoms with Gasteiger partial charge >= 0.3 is 0 Å². The zero-order chi connectivity index (χ0) is 14.5. The summed E-state index contributed by atoms with van der Waals surface area (Å²) < 4.78 is 19.2. The second kappa shape index (κ2) is 6.62. The van der Waals surface area contributed by atoms with E-state index in [9.17, 15) is 4.39 Å². The Balaban J connectivity index is 2.29. The number of hydrogen-bond acceptors (Lipinski definition) is 2. The number of hydrogen-bond donors (Lipinski definition) is 1. The molecule has 1 N–H and O–H groups in total. The Hall–Kier alpha value is -1.74. The third kappa shape index (κ3) is 3.23. The smallest absolute Gasteiger partial charge is 0.147 e. The van der Waals surface area contributed by atoms with Gasteiger partial charge in [-0.3, -0.25) is 0 Å². The SMILES string of the molecule is CCC(Nc1ccc(Cl)cc1F)c1ccccc1OC. The van der Waals surface area contributed by atoms with Crippen LogP contribution >= 0.6 is 11.6 Å². The molecule has 1 atom stereocenters. The van der Waals surface area contributed by atoms with E-state index in [1.807, 2.05) is 31.2 Å². The topological polar surface area (TPSA) is 21.3 Å². The number of anilines is 1. The van der Waals surface area contributed by atoms with E-state index in [2.05, 4.69) is 5.32 Å². The molecule has 0 spiro atoms. The van der Waals surface area contributed by atoms with Gasteiger partial charge in [0.2, 0.25) is 0 Å². The molecule has 0 saturated carbocycles. The van der Waals surface area contributed by atoms with Crippen molar-refractivity contribution >= 4 is 17.3 Å². The summed E-state index contributed by atoms with van der Waals surface area (Å²) in [7, 11) is 1.63. The van der Waals surface area contributed by atoms with Gasteiger partial charge in [-0.05, 0) is 30.7 Å². The van der Waals surface area contributed by atoms with Gasteiger partial charge in [0.05, 0.1) is 18.8 Å². The quantitative estimate of drug-likeness (QED) is 0.833. The summed E-state index contributed by atoms with van der Waals surface area (Å²) in [5, 5.41) is 3.59. The van der Waals surface area contributed by atoms with Gasteiger partial charge in [-0.15, -0.1) is 0 Å². The molecule has 1 unspecified atom stereocenters. The fourth-order valence-electron chi connectivity index (χ4n) is 2.15. The lowest BCUT2D eigenvalue weighted by molar-refractivity contribution is 0.406. The minimum absolute atomic E-state index is 0.0261. The maximum Gasteiger partial charge on any atom is 0.147 e. The summed E-state index contributed by atoms with van der Waals surface area (Å²) in [5.41, 5.74) is 1.44. The average Bonchev–Trinajstić information content (AvgIpc) is 2.46. The molecule has 4 heteroatoms. The maximum absolute atomic E-state index is 13.9. The van der Waals surface area contributed by atoms with Crippen LogP contribution in [0.2, 0.25) is 5.02 Å². The first-order valence-electron chi connectivity index (χ1n) is 6.50. The highest BCUT2D eigenvalue weighted by Gasteiger charge is 2.15. The Bertz CT molecular complexity index is 588. The lowest BCUT2D eigenvalue weighted by Gasteiger charge is -2.21. The predicted molar refractivity (Wildman–Crippen MR) is 81.1 cm³/mol. The molecule has 2 aromatic rings. The molecule has 0 saturated heterocycles. The zero-order valence-corrected chi connectivity index (χ0v) is 12.2. The Morgan fingerprint density at radius 2 is 2.00 bits per heavy atom. The van der Waals surface area contributed by atoms with Crippen LogP contribution in [0.1, 0.15) is 24.9 Å². The molecular formula is C16H17ClFNO. The summed E-state index contributed by atoms with van der Waals surface area (Å²) >= 11 is 5.76. The highest BCUT2D eigenvalue weighted by atomic mass is 35.5. The molecular weight excluding hydrogens is 277 g/mol. The molecule has 106 valence electrons. The minimum Gasteiger partial charge on any atom is -0.496 e. The molecule has 2 rings (SSSR count). The molecule has 0 aliphatic heterocycles. The monoisotopic (exact) mass is 293 g/mol. The molecule has 2 aromatic carbocycles. The zero-order valence-electron chi connectivity index (χ0n) is 11.5. The van der Waals surface area contributed by atoms with E-state index >= 15 is 0 Å². The molecule has 0 amide bonds. The van der Waals surface area contributed by atoms with Crippen LogP contribution in [0.25, 0.3) is 0 Å². The summed E-state index contributed by atoms with van der Waals surface area (Å²) in [5.74, 6) is 0.437. The van der Waals surface area contributed by atoms with Gasteiger partial charge in [0, 0.05) is 10.6 Å². The van der Waals surface area contributed by atoms with Gasteiger partial charge in [0.1, 0.15) is 11.6 Å². The first-order valence-corrected chi connectivity index (χ1v) is 6.88. The van der Waals surface area contributed by atoms with Crippen LogP contribution in [0.15, 0.2) is 42.5 Å². The lowest BCUT2D eigenvalue weighted by atomic mass is 10.0. The Kier molecular flexibility index (Phi) is 4.85. The van der Waals surface area contributed by atoms with Crippen molar-refractivity contribution in [3.63, 3.8) is 0 Å². The van der Waals surface area contributed by atoms with E-state index in [4.69, 9.17) is 16.3 Å². The number of para-hydroxylation sites is 1. The summed E-state index contributed by atoms with van der Waals surface area (Å²) in [6.07, 6.45) is 0.808. The second-order valence-corrected chi connectivity index (χ2v) is 4.91. The Labute approximate surface area is 123 Å². The van der Waals surface area contributed by atoms with Gasteiger partial charge in [0.15, 0.2) is 0 Å². The average molecular weight is 294 g/mol. The molecule has 20 heavy (non-hydrogen) atoms. The molecule has 0 aliphatic carbocycles. The molecule has 0 radical (unpaired) electrons. The van der Waals surface area contributed by atoms with E-state index in [-0.39, 0.29) is 11.9 Å². The predicted octanol–water partition coefficient (Wildman–Crippen LogP) is 5.05. The van der Waals surface area contributed by atoms with Crippen molar-refractivity contribution in [1.82, 2.24) is 0 Å². The number of methoxy groups -OCH3 is 1. The van der Waals surface area contributed by atoms with Crippen LogP contribution in [-0.4, -0.2) is 7.11 Å². The van der Waals surface area contributed by atoms with Crippen molar-refractivity contribution in [3.05, 3.63) is 58.9 Å². The van der Waals surface area contributed by atoms with Crippen molar-refractivity contribution in [1.29, 1.82) is 0 Å². The first-order chi connectivity index (χ1) is 9.65. The molecule has 0 aromatic heterocycles. The second-order valence-electron chi connectivity index (χ2n) is 4.47.